The molecule has 2 aliphatic rings. The van der Waals surface area contributed by atoms with Gasteiger partial charge in [0.2, 0.25) is 0 Å². The molecule has 178 valence electrons. The molecule has 0 saturated carbocycles. The average molecular weight is 489 g/mol. The van der Waals surface area contributed by atoms with Gasteiger partial charge in [0.15, 0.2) is 0 Å². The lowest BCUT2D eigenvalue weighted by Crippen LogP contribution is -2.42. The molecule has 0 atom stereocenters. The monoisotopic (exact) mass is 488 g/mol. The number of hydrogen-bond donors (Lipinski definition) is 1. The highest BCUT2D eigenvalue weighted by Gasteiger charge is 2.26. The van der Waals surface area contributed by atoms with Gasteiger partial charge >= 0.3 is 5.97 Å². The van der Waals surface area contributed by atoms with E-state index >= 15 is 0 Å². The number of likely N-dealkylation sites (tertiary alicyclic amines) is 1. The van der Waals surface area contributed by atoms with Gasteiger partial charge in [-0.1, -0.05) is 42.3 Å². The molecule has 0 bridgehead atoms. The highest BCUT2D eigenvalue weighted by Crippen LogP contribution is 2.31. The summed E-state index contributed by atoms with van der Waals surface area (Å²) in [5, 5.41) is 10.8. The Kier molecular flexibility index (Phi) is 8.21. The van der Waals surface area contributed by atoms with Crippen LogP contribution < -0.4 is 4.90 Å². The first kappa shape index (κ1) is 24.4. The number of carboxylic acids is 1. The Balaban J connectivity index is 1.25. The topological polar surface area (TPSA) is 43.8 Å². The van der Waals surface area contributed by atoms with Crippen molar-refractivity contribution in [3.05, 3.63) is 63.1 Å². The van der Waals surface area contributed by atoms with E-state index in [0.717, 1.165) is 43.1 Å². The largest absolute Gasteiger partial charge is 0.478 e. The van der Waals surface area contributed by atoms with Crippen molar-refractivity contribution in [2.75, 3.05) is 37.6 Å². The quantitative estimate of drug-likeness (QED) is 0.487. The number of carboxylic acid groups (broad SMARTS) is 1. The third-order valence-electron chi connectivity index (χ3n) is 7.42. The predicted octanol–water partition coefficient (Wildman–Crippen LogP) is 6.43. The molecule has 4 rings (SSSR count). The van der Waals surface area contributed by atoms with Crippen LogP contribution in [0.25, 0.3) is 0 Å². The number of piperidine rings is 2. The second-order valence-electron chi connectivity index (χ2n) is 9.59. The van der Waals surface area contributed by atoms with E-state index in [1.165, 1.54) is 50.9 Å². The second kappa shape index (κ2) is 11.1. The Morgan fingerprint density at radius 1 is 0.970 bits per heavy atom. The molecule has 0 spiro atoms. The molecule has 1 N–H and O–H groups in total. The van der Waals surface area contributed by atoms with Gasteiger partial charge in [-0.2, -0.15) is 0 Å². The van der Waals surface area contributed by atoms with Crippen LogP contribution in [0.4, 0.5) is 5.69 Å². The van der Waals surface area contributed by atoms with E-state index in [0.29, 0.717) is 21.5 Å². The van der Waals surface area contributed by atoms with Gasteiger partial charge in [0.1, 0.15) is 0 Å². The minimum atomic E-state index is -0.828. The van der Waals surface area contributed by atoms with Crippen LogP contribution >= 0.6 is 23.2 Å². The molecule has 2 aromatic rings. The second-order valence-corrected chi connectivity index (χ2v) is 10.4. The van der Waals surface area contributed by atoms with Gasteiger partial charge in [0.05, 0.1) is 15.6 Å². The first-order chi connectivity index (χ1) is 15.9. The van der Waals surface area contributed by atoms with Crippen molar-refractivity contribution in [3.8, 4) is 0 Å². The van der Waals surface area contributed by atoms with Crippen LogP contribution in [0.2, 0.25) is 10.0 Å². The molecule has 0 unspecified atom stereocenters. The van der Waals surface area contributed by atoms with Crippen LogP contribution in [-0.2, 0) is 12.8 Å². The minimum Gasteiger partial charge on any atom is -0.478 e. The number of hydrogen-bond acceptors (Lipinski definition) is 3. The number of nitrogens with zero attached hydrogens (tertiary/aromatic N) is 2. The van der Waals surface area contributed by atoms with Crippen LogP contribution in [0, 0.1) is 11.8 Å². The number of rotatable bonds is 7. The van der Waals surface area contributed by atoms with Crippen LogP contribution in [0.5, 0.6) is 0 Å². The standard InChI is InChI=1S/C27H34Cl2N2O2/c1-2-22-23(27(32)33)4-3-5-26(22)31-14-10-20(11-15-31)18-30-12-8-19(9-13-30)16-21-6-7-24(28)25(29)17-21/h3-7,17,19-20H,2,8-16,18H2,1H3,(H,32,33). The summed E-state index contributed by atoms with van der Waals surface area (Å²) in [5.41, 5.74) is 3.81. The number of benzene rings is 2. The summed E-state index contributed by atoms with van der Waals surface area (Å²) in [5.74, 6) is 0.612. The van der Waals surface area contributed by atoms with E-state index in [1.807, 2.05) is 25.1 Å². The fourth-order valence-electron chi connectivity index (χ4n) is 5.54. The Hall–Kier alpha value is -1.75. The smallest absolute Gasteiger partial charge is 0.336 e. The average Bonchev–Trinajstić information content (AvgIpc) is 2.82. The number of aromatic carboxylic acids is 1. The summed E-state index contributed by atoms with van der Waals surface area (Å²) in [7, 11) is 0. The molecule has 2 aromatic carbocycles. The highest BCUT2D eigenvalue weighted by molar-refractivity contribution is 6.42. The first-order valence-electron chi connectivity index (χ1n) is 12.2. The van der Waals surface area contributed by atoms with Crippen molar-refractivity contribution in [1.29, 1.82) is 0 Å². The summed E-state index contributed by atoms with van der Waals surface area (Å²) in [6.45, 7) is 7.59. The molecule has 0 aliphatic carbocycles. The van der Waals surface area contributed by atoms with Crippen molar-refractivity contribution < 1.29 is 9.90 Å². The van der Waals surface area contributed by atoms with Crippen LogP contribution in [0.3, 0.4) is 0 Å². The van der Waals surface area contributed by atoms with Gasteiger partial charge in [0.25, 0.3) is 0 Å². The first-order valence-corrected chi connectivity index (χ1v) is 13.0. The van der Waals surface area contributed by atoms with Gasteiger partial charge in [-0.05, 0) is 98.8 Å². The van der Waals surface area contributed by atoms with Gasteiger partial charge < -0.3 is 14.9 Å². The van der Waals surface area contributed by atoms with Gasteiger partial charge in [-0.3, -0.25) is 0 Å². The fourth-order valence-corrected chi connectivity index (χ4v) is 5.86. The van der Waals surface area contributed by atoms with Crippen molar-refractivity contribution in [3.63, 3.8) is 0 Å². The molecule has 0 amide bonds. The van der Waals surface area contributed by atoms with E-state index in [4.69, 9.17) is 23.2 Å². The third kappa shape index (κ3) is 6.03. The number of halogens is 2. The number of carbonyl (C=O) groups is 1. The van der Waals surface area contributed by atoms with Crippen LogP contribution in [-0.4, -0.2) is 48.7 Å². The fraction of sp³-hybridized carbons (Fsp3) is 0.519. The number of anilines is 1. The zero-order chi connectivity index (χ0) is 23.4. The summed E-state index contributed by atoms with van der Waals surface area (Å²) in [6.07, 6.45) is 6.64. The van der Waals surface area contributed by atoms with Crippen LogP contribution in [0.15, 0.2) is 36.4 Å². The minimum absolute atomic E-state index is 0.445. The molecule has 2 heterocycles. The van der Waals surface area contributed by atoms with Crippen molar-refractivity contribution in [2.24, 2.45) is 11.8 Å². The molecule has 2 aliphatic heterocycles. The normalized spacial score (nSPS) is 18.6. The zero-order valence-corrected chi connectivity index (χ0v) is 20.9. The predicted molar refractivity (Wildman–Crippen MR) is 137 cm³/mol. The van der Waals surface area contributed by atoms with Crippen molar-refractivity contribution in [2.45, 2.75) is 45.4 Å². The molecule has 0 aromatic heterocycles. The molecular formula is C27H34Cl2N2O2. The lowest BCUT2D eigenvalue weighted by Gasteiger charge is -2.39. The Morgan fingerprint density at radius 2 is 1.67 bits per heavy atom. The molecule has 2 saturated heterocycles. The SMILES string of the molecule is CCc1c(C(=O)O)cccc1N1CCC(CN2CCC(Cc3ccc(Cl)c(Cl)c3)CC2)CC1. The maximum absolute atomic E-state index is 11.6. The summed E-state index contributed by atoms with van der Waals surface area (Å²) >= 11 is 12.2. The van der Waals surface area contributed by atoms with E-state index in [2.05, 4.69) is 21.9 Å². The molecule has 6 heteroatoms. The van der Waals surface area contributed by atoms with E-state index in [9.17, 15) is 9.90 Å². The molecular weight excluding hydrogens is 455 g/mol. The highest BCUT2D eigenvalue weighted by atomic mass is 35.5. The maximum Gasteiger partial charge on any atom is 0.336 e. The third-order valence-corrected chi connectivity index (χ3v) is 8.16. The van der Waals surface area contributed by atoms with Crippen LogP contribution in [0.1, 0.15) is 54.1 Å². The van der Waals surface area contributed by atoms with Gasteiger partial charge in [0, 0.05) is 25.3 Å². The lowest BCUT2D eigenvalue weighted by molar-refractivity contribution is 0.0695. The van der Waals surface area contributed by atoms with Gasteiger partial charge in [-0.15, -0.1) is 0 Å². The zero-order valence-electron chi connectivity index (χ0n) is 19.4. The lowest BCUT2D eigenvalue weighted by atomic mass is 9.88. The molecule has 4 nitrogen and oxygen atoms in total. The van der Waals surface area contributed by atoms with Gasteiger partial charge in [-0.25, -0.2) is 4.79 Å². The summed E-state index contributed by atoms with van der Waals surface area (Å²) < 4.78 is 0. The Morgan fingerprint density at radius 3 is 2.30 bits per heavy atom. The Bertz CT molecular complexity index is 965. The maximum atomic E-state index is 11.6. The Labute approximate surface area is 207 Å². The molecule has 2 fully saturated rings. The summed E-state index contributed by atoms with van der Waals surface area (Å²) in [6, 6.07) is 11.7. The molecule has 33 heavy (non-hydrogen) atoms. The van der Waals surface area contributed by atoms with E-state index < -0.39 is 5.97 Å². The van der Waals surface area contributed by atoms with E-state index in [1.54, 1.807) is 6.07 Å². The molecule has 0 radical (unpaired) electrons. The van der Waals surface area contributed by atoms with E-state index in [-0.39, 0.29) is 0 Å². The van der Waals surface area contributed by atoms with Crippen molar-refractivity contribution >= 4 is 34.9 Å². The van der Waals surface area contributed by atoms with Crippen molar-refractivity contribution in [1.82, 2.24) is 4.90 Å². The summed E-state index contributed by atoms with van der Waals surface area (Å²) in [4.78, 5) is 16.6.